The van der Waals surface area contributed by atoms with Crippen LogP contribution in [0.2, 0.25) is 5.02 Å². The molecule has 7 atom stereocenters. The highest BCUT2D eigenvalue weighted by Crippen LogP contribution is 2.33. The van der Waals surface area contributed by atoms with Gasteiger partial charge in [-0.3, -0.25) is 9.59 Å². The average Bonchev–Trinajstić information content (AvgIpc) is 3.38. The highest BCUT2D eigenvalue weighted by Gasteiger charge is 2.47. The lowest BCUT2D eigenvalue weighted by molar-refractivity contribution is -0.287. The van der Waals surface area contributed by atoms with Crippen molar-refractivity contribution in [2.45, 2.75) is 50.1 Å². The number of aliphatic hydroxyl groups is 4. The number of ether oxygens (including phenoxy) is 2. The number of esters is 1. The first-order valence-electron chi connectivity index (χ1n) is 9.70. The van der Waals surface area contributed by atoms with Crippen molar-refractivity contribution >= 4 is 34.4 Å². The van der Waals surface area contributed by atoms with Gasteiger partial charge in [0.05, 0.1) is 10.9 Å². The number of benzene rings is 1. The second-order valence-corrected chi connectivity index (χ2v) is 8.23. The van der Waals surface area contributed by atoms with Crippen LogP contribution >= 0.6 is 11.6 Å². The largest absolute Gasteiger partial charge is 0.463 e. The highest BCUT2D eigenvalue weighted by molar-refractivity contribution is 6.35. The van der Waals surface area contributed by atoms with Gasteiger partial charge in [-0.05, 0) is 31.5 Å². The van der Waals surface area contributed by atoms with E-state index in [2.05, 4.69) is 5.32 Å². The summed E-state index contributed by atoms with van der Waals surface area (Å²) < 4.78 is 15.5. The maximum absolute atomic E-state index is 12.5. The molecule has 31 heavy (non-hydrogen) atoms. The SMILES string of the molecule is Cc1cc2cc(C(=O)NC3CC3C(=O)OCC3OC(O)C(O)C(O)C3O)cc(Cl)c2o1. The normalized spacial score (nSPS) is 32.6. The van der Waals surface area contributed by atoms with Crippen molar-refractivity contribution in [2.75, 3.05) is 6.61 Å². The van der Waals surface area contributed by atoms with Gasteiger partial charge in [-0.2, -0.15) is 0 Å². The molecule has 0 radical (unpaired) electrons. The van der Waals surface area contributed by atoms with Gasteiger partial charge in [-0.1, -0.05) is 11.6 Å². The van der Waals surface area contributed by atoms with E-state index in [-0.39, 0.29) is 0 Å². The van der Waals surface area contributed by atoms with Crippen LogP contribution in [0.25, 0.3) is 11.0 Å². The van der Waals surface area contributed by atoms with E-state index in [0.29, 0.717) is 33.7 Å². The molecule has 1 aromatic heterocycles. The zero-order chi connectivity index (χ0) is 22.4. The summed E-state index contributed by atoms with van der Waals surface area (Å²) in [5.74, 6) is -0.911. The molecule has 7 unspecified atom stereocenters. The van der Waals surface area contributed by atoms with Gasteiger partial charge in [0.15, 0.2) is 11.9 Å². The number of halogens is 1. The minimum atomic E-state index is -1.71. The number of hydrogen-bond donors (Lipinski definition) is 5. The van der Waals surface area contributed by atoms with Gasteiger partial charge >= 0.3 is 5.97 Å². The van der Waals surface area contributed by atoms with E-state index in [1.807, 2.05) is 0 Å². The predicted molar refractivity (Wildman–Crippen MR) is 105 cm³/mol. The van der Waals surface area contributed by atoms with Crippen LogP contribution in [0.3, 0.4) is 0 Å². The predicted octanol–water partition coefficient (Wildman–Crippen LogP) is -0.144. The Bertz CT molecular complexity index is 1010. The molecule has 10 nitrogen and oxygen atoms in total. The molecule has 1 aromatic carbocycles. The van der Waals surface area contributed by atoms with Crippen LogP contribution in [0.4, 0.5) is 0 Å². The number of amides is 1. The summed E-state index contributed by atoms with van der Waals surface area (Å²) in [6, 6.07) is 4.49. The summed E-state index contributed by atoms with van der Waals surface area (Å²) >= 11 is 6.18. The third-order valence-electron chi connectivity index (χ3n) is 5.44. The Morgan fingerprint density at radius 1 is 1.16 bits per heavy atom. The summed E-state index contributed by atoms with van der Waals surface area (Å²) in [7, 11) is 0. The maximum atomic E-state index is 12.5. The summed E-state index contributed by atoms with van der Waals surface area (Å²) in [5, 5.41) is 42.3. The first kappa shape index (κ1) is 22.0. The Kier molecular flexibility index (Phi) is 5.95. The first-order chi connectivity index (χ1) is 14.7. The second-order valence-electron chi connectivity index (χ2n) is 7.82. The van der Waals surface area contributed by atoms with Crippen LogP contribution in [-0.2, 0) is 14.3 Å². The van der Waals surface area contributed by atoms with Gasteiger partial charge in [-0.25, -0.2) is 0 Å². The molecule has 1 amide bonds. The fraction of sp³-hybridized carbons (Fsp3) is 0.500. The van der Waals surface area contributed by atoms with Crippen LogP contribution in [0.15, 0.2) is 22.6 Å². The van der Waals surface area contributed by atoms with Gasteiger partial charge < -0.3 is 39.6 Å². The Morgan fingerprint density at radius 2 is 1.90 bits per heavy atom. The molecule has 11 heteroatoms. The standard InChI is InChI=1S/C20H22ClNO9/c1-7-2-8-3-9(4-11(21)17(8)30-7)18(26)22-12-5-10(12)19(27)29-6-13-14(23)15(24)16(25)20(28)31-13/h2-4,10,12-16,20,23-25,28H,5-6H2,1H3,(H,22,26). The number of nitrogens with one attached hydrogen (secondary N) is 1. The van der Waals surface area contributed by atoms with E-state index < -0.39 is 61.1 Å². The van der Waals surface area contributed by atoms with Gasteiger partial charge in [0.25, 0.3) is 5.91 Å². The number of hydrogen-bond acceptors (Lipinski definition) is 9. The fourth-order valence-corrected chi connectivity index (χ4v) is 3.84. The van der Waals surface area contributed by atoms with Crippen LogP contribution in [0, 0.1) is 12.8 Å². The molecule has 1 saturated heterocycles. The Hall–Kier alpha value is -2.21. The smallest absolute Gasteiger partial charge is 0.311 e. The van der Waals surface area contributed by atoms with Crippen molar-refractivity contribution in [1.29, 1.82) is 0 Å². The molecule has 2 aliphatic rings. The number of carbonyl (C=O) groups excluding carboxylic acids is 2. The lowest BCUT2D eigenvalue weighted by Gasteiger charge is -2.37. The molecule has 1 aliphatic heterocycles. The van der Waals surface area contributed by atoms with Crippen molar-refractivity contribution in [3.8, 4) is 0 Å². The van der Waals surface area contributed by atoms with Crippen molar-refractivity contribution in [1.82, 2.24) is 5.32 Å². The van der Waals surface area contributed by atoms with Crippen molar-refractivity contribution in [3.05, 3.63) is 34.5 Å². The van der Waals surface area contributed by atoms with E-state index in [1.54, 1.807) is 19.1 Å². The minimum Gasteiger partial charge on any atom is -0.463 e. The maximum Gasteiger partial charge on any atom is 0.311 e. The second kappa shape index (κ2) is 8.38. The molecule has 0 bridgehead atoms. The topological polar surface area (TPSA) is 159 Å². The van der Waals surface area contributed by atoms with E-state index >= 15 is 0 Å². The zero-order valence-electron chi connectivity index (χ0n) is 16.4. The Balaban J connectivity index is 1.30. The Labute approximate surface area is 181 Å². The molecule has 2 fully saturated rings. The molecule has 0 spiro atoms. The van der Waals surface area contributed by atoms with Gasteiger partial charge in [0.2, 0.25) is 0 Å². The summed E-state index contributed by atoms with van der Waals surface area (Å²) in [4.78, 5) is 24.8. The molecule has 5 N–H and O–H groups in total. The first-order valence-corrected chi connectivity index (χ1v) is 10.1. The number of fused-ring (bicyclic) bond motifs is 1. The zero-order valence-corrected chi connectivity index (χ0v) is 17.2. The molecule has 1 saturated carbocycles. The fourth-order valence-electron chi connectivity index (χ4n) is 3.58. The summed E-state index contributed by atoms with van der Waals surface area (Å²) in [5.41, 5.74) is 0.830. The van der Waals surface area contributed by atoms with Crippen LogP contribution in [-0.4, -0.2) is 75.7 Å². The lowest BCUT2D eigenvalue weighted by atomic mass is 9.99. The number of rotatable bonds is 5. The van der Waals surface area contributed by atoms with Crippen LogP contribution in [0.5, 0.6) is 0 Å². The third kappa shape index (κ3) is 4.40. The monoisotopic (exact) mass is 455 g/mol. The van der Waals surface area contributed by atoms with Crippen molar-refractivity contribution < 1.29 is 43.9 Å². The van der Waals surface area contributed by atoms with E-state index in [1.165, 1.54) is 6.07 Å². The van der Waals surface area contributed by atoms with Crippen LogP contribution < -0.4 is 5.32 Å². The summed E-state index contributed by atoms with van der Waals surface area (Å²) in [6.45, 7) is 1.35. The molecular weight excluding hydrogens is 434 g/mol. The Morgan fingerprint density at radius 3 is 2.65 bits per heavy atom. The van der Waals surface area contributed by atoms with Crippen LogP contribution in [0.1, 0.15) is 22.5 Å². The number of furan rings is 1. The lowest BCUT2D eigenvalue weighted by Crippen LogP contribution is -2.58. The molecule has 168 valence electrons. The van der Waals surface area contributed by atoms with E-state index in [0.717, 1.165) is 0 Å². The number of aryl methyl sites for hydroxylation is 1. The van der Waals surface area contributed by atoms with Gasteiger partial charge in [-0.15, -0.1) is 0 Å². The van der Waals surface area contributed by atoms with E-state index in [4.69, 9.17) is 25.5 Å². The van der Waals surface area contributed by atoms with Crippen molar-refractivity contribution in [3.63, 3.8) is 0 Å². The molecule has 2 aromatic rings. The highest BCUT2D eigenvalue weighted by atomic mass is 35.5. The number of carbonyl (C=O) groups is 2. The van der Waals surface area contributed by atoms with Gasteiger partial charge in [0.1, 0.15) is 36.8 Å². The quantitative estimate of drug-likeness (QED) is 0.386. The molecular formula is C20H22ClNO9. The minimum absolute atomic E-state index is 0.308. The molecule has 4 rings (SSSR count). The summed E-state index contributed by atoms with van der Waals surface area (Å²) in [6.07, 6.45) is -7.36. The average molecular weight is 456 g/mol. The van der Waals surface area contributed by atoms with E-state index in [9.17, 15) is 30.0 Å². The van der Waals surface area contributed by atoms with Gasteiger partial charge in [0, 0.05) is 17.0 Å². The van der Waals surface area contributed by atoms with Crippen molar-refractivity contribution in [2.24, 2.45) is 5.92 Å². The third-order valence-corrected chi connectivity index (χ3v) is 5.72. The molecule has 1 aliphatic carbocycles. The number of aliphatic hydroxyl groups excluding tert-OH is 4. The molecule has 2 heterocycles.